The Bertz CT molecular complexity index is 173. The second-order valence-corrected chi connectivity index (χ2v) is 3.25. The summed E-state index contributed by atoms with van der Waals surface area (Å²) in [6, 6.07) is 0. The molecule has 0 bridgehead atoms. The van der Waals surface area contributed by atoms with Crippen molar-refractivity contribution in [3.8, 4) is 0 Å². The lowest BCUT2D eigenvalue weighted by atomic mass is 9.93. The van der Waals surface area contributed by atoms with Gasteiger partial charge in [0.1, 0.15) is 0 Å². The first-order valence-electron chi connectivity index (χ1n) is 5.12. The number of hydrogen-bond donors (Lipinski definition) is 1. The Labute approximate surface area is 81.3 Å². The van der Waals surface area contributed by atoms with E-state index in [1.54, 1.807) is 0 Å². The third-order valence-electron chi connectivity index (χ3n) is 2.25. The maximum absolute atomic E-state index is 8.82. The molecular weight excluding hydrogens is 162 g/mol. The topological polar surface area (TPSA) is 32.6 Å². The van der Waals surface area contributed by atoms with E-state index < -0.39 is 0 Å². The highest BCUT2D eigenvalue weighted by Crippen LogP contribution is 2.15. The second kappa shape index (κ2) is 7.84. The van der Waals surface area contributed by atoms with Crippen LogP contribution in [0.25, 0.3) is 0 Å². The summed E-state index contributed by atoms with van der Waals surface area (Å²) in [6.07, 6.45) is 8.17. The highest BCUT2D eigenvalue weighted by Gasteiger charge is 2.11. The predicted octanol–water partition coefficient (Wildman–Crippen LogP) is 3.61. The lowest BCUT2D eigenvalue weighted by molar-refractivity contribution is 0.312. The van der Waals surface area contributed by atoms with Crippen molar-refractivity contribution in [2.24, 2.45) is 11.1 Å². The van der Waals surface area contributed by atoms with Crippen molar-refractivity contribution in [1.29, 1.82) is 0 Å². The smallest absolute Gasteiger partial charge is 0.0604 e. The third-order valence-corrected chi connectivity index (χ3v) is 2.25. The molecule has 0 saturated heterocycles. The molecule has 76 valence electrons. The number of hydrogen-bond acceptors (Lipinski definition) is 2. The zero-order chi connectivity index (χ0) is 10.1. The van der Waals surface area contributed by atoms with E-state index in [0.717, 1.165) is 31.4 Å². The van der Waals surface area contributed by atoms with E-state index in [0.29, 0.717) is 5.92 Å². The zero-order valence-corrected chi connectivity index (χ0v) is 8.95. The van der Waals surface area contributed by atoms with Crippen LogP contribution in [0.4, 0.5) is 0 Å². The van der Waals surface area contributed by atoms with Gasteiger partial charge >= 0.3 is 0 Å². The van der Waals surface area contributed by atoms with E-state index in [9.17, 15) is 0 Å². The van der Waals surface area contributed by atoms with Crippen LogP contribution in [0.5, 0.6) is 0 Å². The summed E-state index contributed by atoms with van der Waals surface area (Å²) in [5.74, 6) is 0.418. The van der Waals surface area contributed by atoms with Crippen molar-refractivity contribution in [1.82, 2.24) is 0 Å². The molecule has 2 nitrogen and oxygen atoms in total. The minimum Gasteiger partial charge on any atom is -0.411 e. The molecule has 1 atom stereocenters. The maximum Gasteiger partial charge on any atom is 0.0604 e. The largest absolute Gasteiger partial charge is 0.411 e. The summed E-state index contributed by atoms with van der Waals surface area (Å²) < 4.78 is 0. The molecule has 0 aromatic rings. The van der Waals surface area contributed by atoms with E-state index in [-0.39, 0.29) is 0 Å². The molecule has 0 fully saturated rings. The van der Waals surface area contributed by atoms with Gasteiger partial charge in [-0.1, -0.05) is 37.6 Å². The van der Waals surface area contributed by atoms with Crippen LogP contribution in [0, 0.1) is 5.92 Å². The van der Waals surface area contributed by atoms with E-state index >= 15 is 0 Å². The summed E-state index contributed by atoms with van der Waals surface area (Å²) >= 11 is 0. The minimum absolute atomic E-state index is 0.418. The molecule has 0 aromatic carbocycles. The quantitative estimate of drug-likeness (QED) is 0.290. The van der Waals surface area contributed by atoms with Crippen molar-refractivity contribution < 1.29 is 5.21 Å². The number of oxime groups is 1. The van der Waals surface area contributed by atoms with Crippen LogP contribution < -0.4 is 0 Å². The van der Waals surface area contributed by atoms with Crippen molar-refractivity contribution in [3.05, 3.63) is 12.2 Å². The van der Waals surface area contributed by atoms with E-state index in [2.05, 4.69) is 25.1 Å². The molecule has 1 unspecified atom stereocenters. The molecule has 0 saturated carbocycles. The standard InChI is InChI=1S/C11H21NO/c1-4-7-9-10(6-3)11(12-13)8-5-2/h4,7,10,13H,5-6,8-9H2,1-3H3. The van der Waals surface area contributed by atoms with Gasteiger partial charge in [-0.3, -0.25) is 0 Å². The number of nitrogens with zero attached hydrogens (tertiary/aromatic N) is 1. The molecule has 13 heavy (non-hydrogen) atoms. The van der Waals surface area contributed by atoms with Crippen LogP contribution in [0.2, 0.25) is 0 Å². The SMILES string of the molecule is CC=CCC(CC)C(CCC)=NO. The molecule has 0 spiro atoms. The van der Waals surface area contributed by atoms with Gasteiger partial charge < -0.3 is 5.21 Å². The third kappa shape index (κ3) is 4.71. The molecule has 0 aliphatic heterocycles. The van der Waals surface area contributed by atoms with Gasteiger partial charge in [0.2, 0.25) is 0 Å². The van der Waals surface area contributed by atoms with Gasteiger partial charge in [-0.05, 0) is 26.2 Å². The summed E-state index contributed by atoms with van der Waals surface area (Å²) in [6.45, 7) is 6.25. The van der Waals surface area contributed by atoms with E-state index in [1.165, 1.54) is 0 Å². The highest BCUT2D eigenvalue weighted by atomic mass is 16.4. The summed E-state index contributed by atoms with van der Waals surface area (Å²) in [4.78, 5) is 0. The van der Waals surface area contributed by atoms with Crippen LogP contribution in [0.15, 0.2) is 17.3 Å². The predicted molar refractivity (Wildman–Crippen MR) is 57.3 cm³/mol. The number of rotatable bonds is 6. The van der Waals surface area contributed by atoms with E-state index in [1.807, 2.05) is 13.0 Å². The summed E-state index contributed by atoms with van der Waals surface area (Å²) in [7, 11) is 0. The first-order chi connectivity index (χ1) is 6.29. The van der Waals surface area contributed by atoms with Crippen LogP contribution in [0.1, 0.15) is 46.5 Å². The minimum atomic E-state index is 0.418. The van der Waals surface area contributed by atoms with Crippen LogP contribution in [-0.2, 0) is 0 Å². The van der Waals surface area contributed by atoms with Gasteiger partial charge in [0.25, 0.3) is 0 Å². The van der Waals surface area contributed by atoms with Crippen molar-refractivity contribution in [3.63, 3.8) is 0 Å². The van der Waals surface area contributed by atoms with Crippen LogP contribution in [0.3, 0.4) is 0 Å². The molecule has 2 heteroatoms. The maximum atomic E-state index is 8.82. The lowest BCUT2D eigenvalue weighted by Crippen LogP contribution is -2.13. The van der Waals surface area contributed by atoms with Gasteiger partial charge in [-0.25, -0.2) is 0 Å². The fraction of sp³-hybridized carbons (Fsp3) is 0.727. The Hall–Kier alpha value is -0.790. The van der Waals surface area contributed by atoms with Crippen molar-refractivity contribution in [2.75, 3.05) is 0 Å². The molecule has 0 amide bonds. The Morgan fingerprint density at radius 1 is 1.46 bits per heavy atom. The van der Waals surface area contributed by atoms with Crippen LogP contribution in [-0.4, -0.2) is 10.9 Å². The summed E-state index contributed by atoms with van der Waals surface area (Å²) in [5.41, 5.74) is 0.947. The average molecular weight is 183 g/mol. The second-order valence-electron chi connectivity index (χ2n) is 3.25. The Kier molecular flexibility index (Phi) is 7.36. The average Bonchev–Trinajstić information content (AvgIpc) is 2.17. The molecule has 0 rings (SSSR count). The highest BCUT2D eigenvalue weighted by molar-refractivity contribution is 5.86. The normalized spacial score (nSPS) is 15.2. The summed E-state index contributed by atoms with van der Waals surface area (Å²) in [5, 5.41) is 12.2. The Morgan fingerprint density at radius 3 is 2.54 bits per heavy atom. The fourth-order valence-electron chi connectivity index (χ4n) is 1.43. The van der Waals surface area contributed by atoms with Crippen LogP contribution >= 0.6 is 0 Å². The Morgan fingerprint density at radius 2 is 2.15 bits per heavy atom. The lowest BCUT2D eigenvalue weighted by Gasteiger charge is -2.13. The van der Waals surface area contributed by atoms with Gasteiger partial charge in [-0.2, -0.15) is 0 Å². The molecule has 0 heterocycles. The van der Waals surface area contributed by atoms with E-state index in [4.69, 9.17) is 5.21 Å². The van der Waals surface area contributed by atoms with Gasteiger partial charge in [0.05, 0.1) is 5.71 Å². The first-order valence-corrected chi connectivity index (χ1v) is 5.12. The molecule has 0 radical (unpaired) electrons. The monoisotopic (exact) mass is 183 g/mol. The number of allylic oxidation sites excluding steroid dienone is 2. The first kappa shape index (κ1) is 12.2. The zero-order valence-electron chi connectivity index (χ0n) is 8.95. The molecule has 0 aliphatic rings. The van der Waals surface area contributed by atoms with Gasteiger partial charge in [-0.15, -0.1) is 0 Å². The Balaban J connectivity index is 4.17. The molecule has 0 aromatic heterocycles. The van der Waals surface area contributed by atoms with Crippen molar-refractivity contribution >= 4 is 5.71 Å². The molecule has 0 aliphatic carbocycles. The fourth-order valence-corrected chi connectivity index (χ4v) is 1.43. The van der Waals surface area contributed by atoms with Gasteiger partial charge in [0, 0.05) is 5.92 Å². The molecular formula is C11H21NO. The van der Waals surface area contributed by atoms with Crippen molar-refractivity contribution in [2.45, 2.75) is 46.5 Å². The molecule has 1 N–H and O–H groups in total. The van der Waals surface area contributed by atoms with Gasteiger partial charge in [0.15, 0.2) is 0 Å².